The Bertz CT molecular complexity index is 559. The maximum atomic E-state index is 5.76. The van der Waals surface area contributed by atoms with Gasteiger partial charge in [0.05, 0.1) is 12.1 Å². The molecular weight excluding hydrogens is 292 g/mol. The third kappa shape index (κ3) is 3.69. The van der Waals surface area contributed by atoms with Crippen molar-refractivity contribution in [1.29, 1.82) is 0 Å². The number of hydrogen-bond donors (Lipinski definition) is 1. The van der Waals surface area contributed by atoms with Crippen molar-refractivity contribution < 1.29 is 4.74 Å². The zero-order valence-electron chi connectivity index (χ0n) is 13.3. The summed E-state index contributed by atoms with van der Waals surface area (Å²) >= 11 is 1.84. The number of nitrogens with zero attached hydrogens (tertiary/aromatic N) is 1. The summed E-state index contributed by atoms with van der Waals surface area (Å²) in [6.45, 7) is 8.43. The summed E-state index contributed by atoms with van der Waals surface area (Å²) in [6.07, 6.45) is 0.215. The second kappa shape index (κ2) is 7.27. The standard InChI is InChI=1S/C18H24N2OS/c1-14(2)21-16-7-5-15(6-8-16)18(17-4-3-13-22-17)20-11-9-19-10-12-20/h3-8,13-14,18-19H,9-12H2,1-2H3/t18-/m1/s1. The molecule has 4 heteroatoms. The summed E-state index contributed by atoms with van der Waals surface area (Å²) in [5.41, 5.74) is 1.35. The number of piperazine rings is 1. The molecule has 0 radical (unpaired) electrons. The largest absolute Gasteiger partial charge is 0.491 e. The van der Waals surface area contributed by atoms with E-state index in [4.69, 9.17) is 4.74 Å². The van der Waals surface area contributed by atoms with Crippen LogP contribution in [0.1, 0.15) is 30.3 Å². The monoisotopic (exact) mass is 316 g/mol. The van der Waals surface area contributed by atoms with Gasteiger partial charge in [0.25, 0.3) is 0 Å². The Morgan fingerprint density at radius 1 is 1.09 bits per heavy atom. The fourth-order valence-electron chi connectivity index (χ4n) is 2.94. The Morgan fingerprint density at radius 3 is 2.41 bits per heavy atom. The smallest absolute Gasteiger partial charge is 0.119 e. The van der Waals surface area contributed by atoms with Crippen molar-refractivity contribution in [3.8, 4) is 5.75 Å². The summed E-state index contributed by atoms with van der Waals surface area (Å²) < 4.78 is 5.76. The minimum Gasteiger partial charge on any atom is -0.491 e. The molecule has 2 aromatic rings. The van der Waals surface area contributed by atoms with Gasteiger partial charge in [-0.1, -0.05) is 18.2 Å². The highest BCUT2D eigenvalue weighted by Crippen LogP contribution is 2.32. The van der Waals surface area contributed by atoms with Gasteiger partial charge in [-0.15, -0.1) is 11.3 Å². The molecule has 1 saturated heterocycles. The van der Waals surface area contributed by atoms with Gasteiger partial charge in [-0.3, -0.25) is 4.90 Å². The van der Waals surface area contributed by atoms with Crippen LogP contribution in [0.25, 0.3) is 0 Å². The molecule has 1 N–H and O–H groups in total. The van der Waals surface area contributed by atoms with Gasteiger partial charge >= 0.3 is 0 Å². The highest BCUT2D eigenvalue weighted by atomic mass is 32.1. The van der Waals surface area contributed by atoms with E-state index in [-0.39, 0.29) is 6.10 Å². The zero-order valence-corrected chi connectivity index (χ0v) is 14.1. The van der Waals surface area contributed by atoms with Gasteiger partial charge in [0.15, 0.2) is 0 Å². The van der Waals surface area contributed by atoms with Crippen LogP contribution in [0.3, 0.4) is 0 Å². The van der Waals surface area contributed by atoms with Gasteiger partial charge in [-0.25, -0.2) is 0 Å². The molecule has 1 aromatic heterocycles. The van der Waals surface area contributed by atoms with Crippen LogP contribution in [-0.2, 0) is 0 Å². The van der Waals surface area contributed by atoms with E-state index < -0.39 is 0 Å². The molecule has 0 bridgehead atoms. The van der Waals surface area contributed by atoms with Gasteiger partial charge < -0.3 is 10.1 Å². The van der Waals surface area contributed by atoms with Crippen LogP contribution in [-0.4, -0.2) is 37.2 Å². The summed E-state index contributed by atoms with van der Waals surface area (Å²) in [5, 5.41) is 5.61. The van der Waals surface area contributed by atoms with Crippen LogP contribution in [0.4, 0.5) is 0 Å². The maximum Gasteiger partial charge on any atom is 0.119 e. The van der Waals surface area contributed by atoms with E-state index in [0.29, 0.717) is 6.04 Å². The van der Waals surface area contributed by atoms with Crippen LogP contribution in [0, 0.1) is 0 Å². The van der Waals surface area contributed by atoms with Crippen LogP contribution in [0.2, 0.25) is 0 Å². The van der Waals surface area contributed by atoms with Gasteiger partial charge in [-0.2, -0.15) is 0 Å². The highest BCUT2D eigenvalue weighted by Gasteiger charge is 2.24. The molecule has 1 atom stereocenters. The lowest BCUT2D eigenvalue weighted by atomic mass is 10.0. The topological polar surface area (TPSA) is 24.5 Å². The van der Waals surface area contributed by atoms with Gasteiger partial charge in [0.1, 0.15) is 5.75 Å². The predicted molar refractivity (Wildman–Crippen MR) is 92.8 cm³/mol. The third-order valence-corrected chi connectivity index (χ3v) is 4.82. The quantitative estimate of drug-likeness (QED) is 0.913. The Morgan fingerprint density at radius 2 is 1.82 bits per heavy atom. The van der Waals surface area contributed by atoms with Crippen LogP contribution in [0.15, 0.2) is 41.8 Å². The lowest BCUT2D eigenvalue weighted by Crippen LogP contribution is -2.45. The number of ether oxygens (including phenoxy) is 1. The number of rotatable bonds is 5. The Labute approximate surface area is 136 Å². The SMILES string of the molecule is CC(C)Oc1ccc([C@H](c2cccs2)N2CCNCC2)cc1. The molecule has 0 unspecified atom stereocenters. The van der Waals surface area contributed by atoms with Crippen molar-refractivity contribution in [2.24, 2.45) is 0 Å². The third-order valence-electron chi connectivity index (χ3n) is 3.90. The minimum absolute atomic E-state index is 0.215. The van der Waals surface area contributed by atoms with Crippen molar-refractivity contribution in [1.82, 2.24) is 10.2 Å². The molecule has 118 valence electrons. The molecule has 1 aliphatic heterocycles. The van der Waals surface area contributed by atoms with E-state index in [9.17, 15) is 0 Å². The number of nitrogens with one attached hydrogen (secondary N) is 1. The molecule has 0 aliphatic carbocycles. The number of benzene rings is 1. The molecule has 1 aliphatic rings. The first-order valence-electron chi connectivity index (χ1n) is 7.99. The second-order valence-electron chi connectivity index (χ2n) is 5.94. The minimum atomic E-state index is 0.215. The predicted octanol–water partition coefficient (Wildman–Crippen LogP) is 3.53. The van der Waals surface area contributed by atoms with Gasteiger partial charge in [0, 0.05) is 31.1 Å². The molecule has 2 heterocycles. The highest BCUT2D eigenvalue weighted by molar-refractivity contribution is 7.10. The first kappa shape index (κ1) is 15.5. The summed E-state index contributed by atoms with van der Waals surface area (Å²) in [5.74, 6) is 0.948. The van der Waals surface area contributed by atoms with Crippen molar-refractivity contribution in [3.63, 3.8) is 0 Å². The van der Waals surface area contributed by atoms with E-state index in [1.807, 2.05) is 11.3 Å². The average Bonchev–Trinajstić information content (AvgIpc) is 3.04. The van der Waals surface area contributed by atoms with Crippen LogP contribution in [0.5, 0.6) is 5.75 Å². The van der Waals surface area contributed by atoms with E-state index in [2.05, 4.69) is 65.8 Å². The fourth-order valence-corrected chi connectivity index (χ4v) is 3.83. The van der Waals surface area contributed by atoms with Crippen molar-refractivity contribution in [3.05, 3.63) is 52.2 Å². The zero-order chi connectivity index (χ0) is 15.4. The molecule has 3 rings (SSSR count). The lowest BCUT2D eigenvalue weighted by molar-refractivity contribution is 0.200. The first-order valence-corrected chi connectivity index (χ1v) is 8.87. The van der Waals surface area contributed by atoms with Crippen LogP contribution < -0.4 is 10.1 Å². The van der Waals surface area contributed by atoms with E-state index in [1.165, 1.54) is 10.4 Å². The maximum absolute atomic E-state index is 5.76. The van der Waals surface area contributed by atoms with E-state index in [1.54, 1.807) is 0 Å². The lowest BCUT2D eigenvalue weighted by Gasteiger charge is -2.34. The molecule has 1 fully saturated rings. The van der Waals surface area contributed by atoms with Gasteiger partial charge in [-0.05, 0) is 43.0 Å². The molecule has 0 amide bonds. The summed E-state index contributed by atoms with van der Waals surface area (Å²) in [4.78, 5) is 3.99. The summed E-state index contributed by atoms with van der Waals surface area (Å²) in [7, 11) is 0. The molecule has 0 saturated carbocycles. The Balaban J connectivity index is 1.85. The Hall–Kier alpha value is -1.36. The first-order chi connectivity index (χ1) is 10.7. The van der Waals surface area contributed by atoms with E-state index in [0.717, 1.165) is 31.9 Å². The Kier molecular flexibility index (Phi) is 5.13. The molecule has 22 heavy (non-hydrogen) atoms. The normalized spacial score (nSPS) is 17.6. The molecular formula is C18H24N2OS. The van der Waals surface area contributed by atoms with Crippen molar-refractivity contribution in [2.75, 3.05) is 26.2 Å². The summed E-state index contributed by atoms with van der Waals surface area (Å²) in [6, 6.07) is 13.4. The van der Waals surface area contributed by atoms with Crippen LogP contribution >= 0.6 is 11.3 Å². The second-order valence-corrected chi connectivity index (χ2v) is 6.92. The number of thiophene rings is 1. The molecule has 0 spiro atoms. The molecule has 1 aromatic carbocycles. The van der Waals surface area contributed by atoms with Gasteiger partial charge in [0.2, 0.25) is 0 Å². The average molecular weight is 316 g/mol. The van der Waals surface area contributed by atoms with Crippen molar-refractivity contribution in [2.45, 2.75) is 26.0 Å². The number of hydrogen-bond acceptors (Lipinski definition) is 4. The molecule has 3 nitrogen and oxygen atoms in total. The van der Waals surface area contributed by atoms with Crippen molar-refractivity contribution >= 4 is 11.3 Å². The fraction of sp³-hybridized carbons (Fsp3) is 0.444. The van der Waals surface area contributed by atoms with E-state index >= 15 is 0 Å².